The van der Waals surface area contributed by atoms with E-state index >= 15 is 0 Å². The van der Waals surface area contributed by atoms with Crippen molar-refractivity contribution in [1.82, 2.24) is 14.8 Å². The van der Waals surface area contributed by atoms with E-state index in [2.05, 4.69) is 5.10 Å². The van der Waals surface area contributed by atoms with Crippen LogP contribution in [0, 0.1) is 6.92 Å². The minimum atomic E-state index is -0.906. The first-order chi connectivity index (χ1) is 12.5. The summed E-state index contributed by atoms with van der Waals surface area (Å²) >= 11 is 6.38. The van der Waals surface area contributed by atoms with Gasteiger partial charge in [-0.3, -0.25) is 4.68 Å². The summed E-state index contributed by atoms with van der Waals surface area (Å²) in [6.45, 7) is 1.92. The molecule has 1 N–H and O–H groups in total. The second kappa shape index (κ2) is 6.25. The molecule has 0 unspecified atom stereocenters. The maximum absolute atomic E-state index is 12.0. The van der Waals surface area contributed by atoms with Crippen molar-refractivity contribution in [2.24, 2.45) is 7.05 Å². The maximum atomic E-state index is 12.0. The van der Waals surface area contributed by atoms with Crippen molar-refractivity contribution in [3.8, 4) is 0 Å². The Balaban J connectivity index is 1.99. The van der Waals surface area contributed by atoms with Crippen LogP contribution in [-0.2, 0) is 13.5 Å². The van der Waals surface area contributed by atoms with Gasteiger partial charge in [0.2, 0.25) is 0 Å². The van der Waals surface area contributed by atoms with Gasteiger partial charge in [0.25, 0.3) is 0 Å². The van der Waals surface area contributed by atoms with E-state index in [4.69, 9.17) is 16.6 Å². The number of halogens is 1. The van der Waals surface area contributed by atoms with Gasteiger partial charge in [-0.25, -0.2) is 9.78 Å². The normalized spacial score (nSPS) is 15.4. The smallest absolute Gasteiger partial charge is 0.336 e. The number of rotatable bonds is 2. The number of pyridine rings is 1. The Bertz CT molecular complexity index is 1080. The van der Waals surface area contributed by atoms with E-state index in [0.29, 0.717) is 28.0 Å². The molecule has 0 spiro atoms. The number of carboxylic acid groups (broad SMARTS) is 1. The fraction of sp³-hybridized carbons (Fsp3) is 0.250. The first-order valence-corrected chi connectivity index (χ1v) is 8.90. The van der Waals surface area contributed by atoms with Gasteiger partial charge in [-0.05, 0) is 49.5 Å². The standard InChI is InChI=1S/C20H18ClN3O2/c1-11-15(19(21)24(2)23-11)10-12-6-5-8-14-17(20(25)26)13-7-3-4-9-16(13)22-18(12)14/h3-4,7,9-10H,5-6,8H2,1-2H3,(H,25,26)/b12-10-. The second-order valence-corrected chi connectivity index (χ2v) is 6.93. The Morgan fingerprint density at radius 1 is 1.31 bits per heavy atom. The molecule has 0 fully saturated rings. The molecule has 1 aliphatic carbocycles. The van der Waals surface area contributed by atoms with E-state index < -0.39 is 5.97 Å². The highest BCUT2D eigenvalue weighted by molar-refractivity contribution is 6.31. The summed E-state index contributed by atoms with van der Waals surface area (Å²) in [6.07, 6.45) is 4.44. The molecule has 4 rings (SSSR count). The highest BCUT2D eigenvalue weighted by atomic mass is 35.5. The highest BCUT2D eigenvalue weighted by Gasteiger charge is 2.25. The summed E-state index contributed by atoms with van der Waals surface area (Å²) in [5.74, 6) is -0.906. The third kappa shape index (κ3) is 2.59. The molecule has 132 valence electrons. The minimum Gasteiger partial charge on any atom is -0.478 e. The Morgan fingerprint density at radius 3 is 2.77 bits per heavy atom. The van der Waals surface area contributed by atoms with Gasteiger partial charge in [-0.1, -0.05) is 29.8 Å². The molecule has 0 radical (unpaired) electrons. The fourth-order valence-corrected chi connectivity index (χ4v) is 3.93. The molecule has 3 aromatic rings. The van der Waals surface area contributed by atoms with E-state index in [1.54, 1.807) is 11.7 Å². The summed E-state index contributed by atoms with van der Waals surface area (Å²) in [5, 5.41) is 15.4. The molecule has 0 atom stereocenters. The van der Waals surface area contributed by atoms with Gasteiger partial charge < -0.3 is 5.11 Å². The number of fused-ring (bicyclic) bond motifs is 2. The second-order valence-electron chi connectivity index (χ2n) is 6.57. The third-order valence-corrected chi connectivity index (χ3v) is 5.35. The van der Waals surface area contributed by atoms with Crippen LogP contribution in [0.25, 0.3) is 22.6 Å². The number of aromatic carboxylic acids is 1. The number of carboxylic acids is 1. The van der Waals surface area contributed by atoms with Crippen molar-refractivity contribution in [2.45, 2.75) is 26.2 Å². The van der Waals surface area contributed by atoms with Crippen LogP contribution in [0.2, 0.25) is 5.15 Å². The van der Waals surface area contributed by atoms with E-state index in [-0.39, 0.29) is 0 Å². The molecular formula is C20H18ClN3O2. The van der Waals surface area contributed by atoms with Crippen LogP contribution in [0.4, 0.5) is 0 Å². The Morgan fingerprint density at radius 2 is 2.08 bits per heavy atom. The van der Waals surface area contributed by atoms with E-state index in [1.807, 2.05) is 37.3 Å². The number of para-hydroxylation sites is 1. The van der Waals surface area contributed by atoms with Crippen LogP contribution in [0.1, 0.15) is 45.7 Å². The molecule has 0 saturated carbocycles. The monoisotopic (exact) mass is 367 g/mol. The molecule has 1 aliphatic rings. The highest BCUT2D eigenvalue weighted by Crippen LogP contribution is 2.37. The molecule has 2 heterocycles. The van der Waals surface area contributed by atoms with Gasteiger partial charge in [0.15, 0.2) is 0 Å². The van der Waals surface area contributed by atoms with Gasteiger partial charge in [-0.15, -0.1) is 0 Å². The number of hydrogen-bond acceptors (Lipinski definition) is 3. The number of benzene rings is 1. The lowest BCUT2D eigenvalue weighted by Crippen LogP contribution is -2.13. The van der Waals surface area contributed by atoms with Crippen molar-refractivity contribution in [3.63, 3.8) is 0 Å². The van der Waals surface area contributed by atoms with Crippen LogP contribution < -0.4 is 0 Å². The number of nitrogens with zero attached hydrogens (tertiary/aromatic N) is 3. The molecule has 1 aromatic carbocycles. The van der Waals surface area contributed by atoms with Crippen LogP contribution in [0.3, 0.4) is 0 Å². The van der Waals surface area contributed by atoms with Gasteiger partial charge >= 0.3 is 5.97 Å². The first kappa shape index (κ1) is 16.8. The van der Waals surface area contributed by atoms with Gasteiger partial charge in [-0.2, -0.15) is 5.10 Å². The molecule has 0 saturated heterocycles. The number of aryl methyl sites for hydroxylation is 2. The topological polar surface area (TPSA) is 68.0 Å². The lowest BCUT2D eigenvalue weighted by Gasteiger charge is -2.21. The van der Waals surface area contributed by atoms with Crippen molar-refractivity contribution in [3.05, 3.63) is 57.5 Å². The van der Waals surface area contributed by atoms with Gasteiger partial charge in [0.05, 0.1) is 22.5 Å². The van der Waals surface area contributed by atoms with E-state index in [9.17, 15) is 9.90 Å². The van der Waals surface area contributed by atoms with Gasteiger partial charge in [0, 0.05) is 18.0 Å². The zero-order valence-corrected chi connectivity index (χ0v) is 15.3. The Kier molecular flexibility index (Phi) is 4.04. The Hall–Kier alpha value is -2.66. The summed E-state index contributed by atoms with van der Waals surface area (Å²) in [4.78, 5) is 16.8. The molecule has 0 amide bonds. The number of allylic oxidation sites excluding steroid dienone is 1. The first-order valence-electron chi connectivity index (χ1n) is 8.52. The SMILES string of the molecule is Cc1nn(C)c(Cl)c1/C=C1/CCCc2c1nc1ccccc1c2C(=O)O. The average Bonchev–Trinajstić information content (AvgIpc) is 2.86. The van der Waals surface area contributed by atoms with Crippen molar-refractivity contribution in [1.29, 1.82) is 0 Å². The fourth-order valence-electron chi connectivity index (χ4n) is 3.70. The summed E-state index contributed by atoms with van der Waals surface area (Å²) in [7, 11) is 1.81. The van der Waals surface area contributed by atoms with Crippen LogP contribution in [-0.4, -0.2) is 25.8 Å². The van der Waals surface area contributed by atoms with Crippen molar-refractivity contribution in [2.75, 3.05) is 0 Å². The molecule has 5 nitrogen and oxygen atoms in total. The zero-order valence-electron chi connectivity index (χ0n) is 14.6. The van der Waals surface area contributed by atoms with Crippen LogP contribution >= 0.6 is 11.6 Å². The van der Waals surface area contributed by atoms with Crippen molar-refractivity contribution >= 4 is 40.1 Å². The van der Waals surface area contributed by atoms with Gasteiger partial charge in [0.1, 0.15) is 5.15 Å². The van der Waals surface area contributed by atoms with Crippen LogP contribution in [0.15, 0.2) is 24.3 Å². The number of hydrogen-bond donors (Lipinski definition) is 1. The molecule has 2 aromatic heterocycles. The average molecular weight is 368 g/mol. The third-order valence-electron chi connectivity index (χ3n) is 4.90. The van der Waals surface area contributed by atoms with Crippen molar-refractivity contribution < 1.29 is 9.90 Å². The summed E-state index contributed by atoms with van der Waals surface area (Å²) in [6, 6.07) is 7.41. The Labute approximate surface area is 155 Å². The lowest BCUT2D eigenvalue weighted by molar-refractivity contribution is 0.0697. The number of aromatic nitrogens is 3. The zero-order chi connectivity index (χ0) is 18.4. The minimum absolute atomic E-state index is 0.366. The summed E-state index contributed by atoms with van der Waals surface area (Å²) < 4.78 is 1.64. The quantitative estimate of drug-likeness (QED) is 0.723. The molecule has 26 heavy (non-hydrogen) atoms. The van der Waals surface area contributed by atoms with E-state index in [1.165, 1.54) is 0 Å². The van der Waals surface area contributed by atoms with Crippen LogP contribution in [0.5, 0.6) is 0 Å². The predicted octanol–water partition coefficient (Wildman–Crippen LogP) is 4.51. The predicted molar refractivity (Wildman–Crippen MR) is 102 cm³/mol. The van der Waals surface area contributed by atoms with E-state index in [0.717, 1.165) is 40.9 Å². The molecule has 6 heteroatoms. The largest absolute Gasteiger partial charge is 0.478 e. The maximum Gasteiger partial charge on any atom is 0.336 e. The summed E-state index contributed by atoms with van der Waals surface area (Å²) in [5.41, 5.74) is 5.37. The number of carbonyl (C=O) groups is 1. The molecule has 0 bridgehead atoms. The lowest BCUT2D eigenvalue weighted by atomic mass is 9.86. The molecule has 0 aliphatic heterocycles. The molecular weight excluding hydrogens is 350 g/mol.